The smallest absolute Gasteiger partial charge is 0.160 e. The largest absolute Gasteiger partial charge is 0.454 e. The van der Waals surface area contributed by atoms with Crippen LogP contribution in [0.1, 0.15) is 0 Å². The van der Waals surface area contributed by atoms with Crippen molar-refractivity contribution in [3.05, 3.63) is 103 Å². The van der Waals surface area contributed by atoms with Gasteiger partial charge in [-0.05, 0) is 41.5 Å². The van der Waals surface area contributed by atoms with Crippen molar-refractivity contribution < 1.29 is 4.42 Å². The van der Waals surface area contributed by atoms with Crippen LogP contribution in [0.4, 0.5) is 11.5 Å². The van der Waals surface area contributed by atoms with Crippen molar-refractivity contribution in [2.75, 3.05) is 5.32 Å². The van der Waals surface area contributed by atoms with Gasteiger partial charge >= 0.3 is 0 Å². The maximum atomic E-state index is 6.53. The molecule has 4 heteroatoms. The molecule has 1 atom stereocenters. The number of hydrogen-bond donors (Lipinski definition) is 1. The van der Waals surface area contributed by atoms with Gasteiger partial charge in [0.05, 0.1) is 22.8 Å². The van der Waals surface area contributed by atoms with Crippen LogP contribution in [0.25, 0.3) is 60.3 Å². The third kappa shape index (κ3) is 2.22. The normalized spacial score (nSPS) is 16.8. The van der Waals surface area contributed by atoms with Crippen molar-refractivity contribution in [2.24, 2.45) is 4.99 Å². The van der Waals surface area contributed by atoms with E-state index in [0.29, 0.717) is 0 Å². The molecule has 0 radical (unpaired) electrons. The fourth-order valence-electron chi connectivity index (χ4n) is 6.12. The van der Waals surface area contributed by atoms with Crippen LogP contribution < -0.4 is 5.32 Å². The monoisotopic (exact) mass is 461 g/mol. The van der Waals surface area contributed by atoms with Crippen LogP contribution in [0.15, 0.2) is 113 Å². The van der Waals surface area contributed by atoms with Crippen molar-refractivity contribution in [1.82, 2.24) is 4.40 Å². The Morgan fingerprint density at radius 1 is 0.722 bits per heavy atom. The molecule has 4 nitrogen and oxygen atoms in total. The highest BCUT2D eigenvalue weighted by molar-refractivity contribution is 6.27. The lowest BCUT2D eigenvalue weighted by atomic mass is 9.99. The van der Waals surface area contributed by atoms with Crippen molar-refractivity contribution >= 4 is 66.3 Å². The highest BCUT2D eigenvalue weighted by Gasteiger charge is 2.30. The van der Waals surface area contributed by atoms with Gasteiger partial charge in [0, 0.05) is 26.9 Å². The zero-order valence-electron chi connectivity index (χ0n) is 19.2. The molecule has 0 spiro atoms. The minimum atomic E-state index is 0.0547. The molecule has 1 aliphatic heterocycles. The topological polar surface area (TPSA) is 41.9 Å². The highest BCUT2D eigenvalue weighted by Crippen LogP contribution is 2.50. The van der Waals surface area contributed by atoms with Gasteiger partial charge in [0.15, 0.2) is 5.58 Å². The van der Waals surface area contributed by atoms with Gasteiger partial charge < -0.3 is 9.73 Å². The second kappa shape index (κ2) is 6.43. The first kappa shape index (κ1) is 18.5. The summed E-state index contributed by atoms with van der Waals surface area (Å²) < 4.78 is 8.88. The summed E-state index contributed by atoms with van der Waals surface area (Å²) >= 11 is 0. The molecule has 1 unspecified atom stereocenters. The van der Waals surface area contributed by atoms with Crippen LogP contribution in [0.2, 0.25) is 0 Å². The van der Waals surface area contributed by atoms with Crippen LogP contribution in [0, 0.1) is 0 Å². The molecule has 4 heterocycles. The molecule has 0 amide bonds. The van der Waals surface area contributed by atoms with Crippen molar-refractivity contribution in [1.29, 1.82) is 0 Å². The Morgan fingerprint density at radius 3 is 2.50 bits per heavy atom. The molecule has 7 aromatic rings. The minimum absolute atomic E-state index is 0.0547. The predicted molar refractivity (Wildman–Crippen MR) is 149 cm³/mol. The van der Waals surface area contributed by atoms with Crippen LogP contribution in [-0.2, 0) is 0 Å². The summed E-state index contributed by atoms with van der Waals surface area (Å²) in [4.78, 5) is 5.19. The maximum absolute atomic E-state index is 6.53. The van der Waals surface area contributed by atoms with E-state index in [9.17, 15) is 0 Å². The average molecular weight is 462 g/mol. The molecule has 4 aromatic carbocycles. The minimum Gasteiger partial charge on any atom is -0.454 e. The van der Waals surface area contributed by atoms with E-state index in [1.54, 1.807) is 0 Å². The standard InChI is InChI=1S/C32H19N3O/c1-2-8-18(9-3-1)19-16-23-21-14-15-22-20-10-4-7-13-27(20)36-31(22)30(21)35-29(23)24(17-19)28-32(35)34-26-12-6-5-11-25(26)33-28/h1-17,26,34H. The predicted octanol–water partition coefficient (Wildman–Crippen LogP) is 8.24. The zero-order chi connectivity index (χ0) is 23.4. The Labute approximate surface area is 205 Å². The lowest BCUT2D eigenvalue weighted by molar-refractivity contribution is 0.671. The molecule has 36 heavy (non-hydrogen) atoms. The summed E-state index contributed by atoms with van der Waals surface area (Å²) in [6, 6.07) is 28.0. The van der Waals surface area contributed by atoms with E-state index in [0.717, 1.165) is 50.1 Å². The lowest BCUT2D eigenvalue weighted by Crippen LogP contribution is -2.30. The van der Waals surface area contributed by atoms with E-state index in [-0.39, 0.29) is 6.04 Å². The molecule has 0 saturated carbocycles. The Kier molecular flexibility index (Phi) is 3.30. The van der Waals surface area contributed by atoms with E-state index in [1.165, 1.54) is 27.4 Å². The fraction of sp³-hybridized carbons (Fsp3) is 0.0312. The summed E-state index contributed by atoms with van der Waals surface area (Å²) in [5.74, 6) is 1.02. The number of anilines is 1. The lowest BCUT2D eigenvalue weighted by Gasteiger charge is -2.23. The molecule has 0 fully saturated rings. The summed E-state index contributed by atoms with van der Waals surface area (Å²) in [6.07, 6.45) is 8.41. The highest BCUT2D eigenvalue weighted by atomic mass is 16.3. The van der Waals surface area contributed by atoms with E-state index in [4.69, 9.17) is 9.41 Å². The molecular weight excluding hydrogens is 442 g/mol. The van der Waals surface area contributed by atoms with E-state index >= 15 is 0 Å². The summed E-state index contributed by atoms with van der Waals surface area (Å²) in [5.41, 5.74) is 8.53. The number of furan rings is 1. The quantitative estimate of drug-likeness (QED) is 0.267. The Balaban J connectivity index is 1.51. The van der Waals surface area contributed by atoms with Crippen LogP contribution in [0.5, 0.6) is 0 Å². The van der Waals surface area contributed by atoms with Gasteiger partial charge in [-0.25, -0.2) is 4.99 Å². The molecule has 2 aliphatic rings. The third-order valence-corrected chi connectivity index (χ3v) is 7.71. The molecule has 1 aliphatic carbocycles. The van der Waals surface area contributed by atoms with E-state index in [1.807, 2.05) is 12.1 Å². The first-order valence-electron chi connectivity index (χ1n) is 12.3. The van der Waals surface area contributed by atoms with Crippen LogP contribution in [0.3, 0.4) is 0 Å². The number of aromatic nitrogens is 1. The van der Waals surface area contributed by atoms with Crippen LogP contribution >= 0.6 is 0 Å². The number of aliphatic imine (C=N–C) groups is 1. The first-order chi connectivity index (χ1) is 17.8. The number of hydrogen-bond acceptors (Lipinski definition) is 3. The van der Waals surface area contributed by atoms with E-state index in [2.05, 4.69) is 101 Å². The second-order valence-corrected chi connectivity index (χ2v) is 9.66. The number of nitrogens with zero attached hydrogens (tertiary/aromatic N) is 2. The summed E-state index contributed by atoms with van der Waals surface area (Å²) in [6.45, 7) is 0. The number of allylic oxidation sites excluding steroid dienone is 2. The summed E-state index contributed by atoms with van der Waals surface area (Å²) in [5, 5.41) is 9.63. The average Bonchev–Trinajstić information content (AvgIpc) is 3.58. The van der Waals surface area contributed by atoms with Gasteiger partial charge in [0.25, 0.3) is 0 Å². The molecule has 168 valence electrons. The molecule has 9 rings (SSSR count). The van der Waals surface area contributed by atoms with Gasteiger partial charge in [-0.1, -0.05) is 72.8 Å². The van der Waals surface area contributed by atoms with Crippen molar-refractivity contribution in [2.45, 2.75) is 6.04 Å². The molecule has 0 bridgehead atoms. The van der Waals surface area contributed by atoms with Gasteiger partial charge in [-0.15, -0.1) is 0 Å². The number of rotatable bonds is 1. The Morgan fingerprint density at radius 2 is 1.56 bits per heavy atom. The van der Waals surface area contributed by atoms with Crippen molar-refractivity contribution in [3.8, 4) is 11.1 Å². The Hall–Kier alpha value is -4.83. The van der Waals surface area contributed by atoms with E-state index < -0.39 is 0 Å². The van der Waals surface area contributed by atoms with Gasteiger partial charge in [0.2, 0.25) is 0 Å². The second-order valence-electron chi connectivity index (χ2n) is 9.66. The maximum Gasteiger partial charge on any atom is 0.160 e. The Bertz CT molecular complexity index is 2120. The van der Waals surface area contributed by atoms with Gasteiger partial charge in [-0.2, -0.15) is 0 Å². The first-order valence-corrected chi connectivity index (χ1v) is 12.3. The van der Waals surface area contributed by atoms with Gasteiger partial charge in [0.1, 0.15) is 17.1 Å². The third-order valence-electron chi connectivity index (χ3n) is 7.71. The number of nitrogens with one attached hydrogen (secondary N) is 1. The number of para-hydroxylation sites is 1. The summed E-state index contributed by atoms with van der Waals surface area (Å²) in [7, 11) is 0. The molecular formula is C32H19N3O. The molecule has 0 saturated heterocycles. The number of benzene rings is 4. The van der Waals surface area contributed by atoms with Crippen molar-refractivity contribution in [3.63, 3.8) is 0 Å². The zero-order valence-corrected chi connectivity index (χ0v) is 19.2. The molecule has 1 N–H and O–H groups in total. The SMILES string of the molecule is C1=CC2=Nc3c(n4c5c3cc(-c3ccccc3)cc5c3ccc5c6ccccc6oc5c34)NC2C=C1. The number of fused-ring (bicyclic) bond motifs is 11. The van der Waals surface area contributed by atoms with Gasteiger partial charge in [-0.3, -0.25) is 4.40 Å². The molecule has 3 aromatic heterocycles. The van der Waals surface area contributed by atoms with Crippen LogP contribution in [-0.4, -0.2) is 16.2 Å². The fourth-order valence-corrected chi connectivity index (χ4v) is 6.12.